The van der Waals surface area contributed by atoms with Crippen LogP contribution >= 0.6 is 0 Å². The summed E-state index contributed by atoms with van der Waals surface area (Å²) in [5.41, 5.74) is 3.18. The molecule has 1 aromatic carbocycles. The Morgan fingerprint density at radius 2 is 1.95 bits per heavy atom. The largest absolute Gasteiger partial charge is 0.396 e. The maximum atomic E-state index is 8.97. The minimum Gasteiger partial charge on any atom is -0.396 e. The van der Waals surface area contributed by atoms with Crippen molar-refractivity contribution in [3.05, 3.63) is 35.4 Å². The number of rotatable bonds is 7. The number of nitrogens with zero attached hydrogens (tertiary/aromatic N) is 1. The molecule has 1 aromatic rings. The van der Waals surface area contributed by atoms with Crippen molar-refractivity contribution in [2.75, 3.05) is 19.7 Å². The van der Waals surface area contributed by atoms with Gasteiger partial charge in [0.2, 0.25) is 0 Å². The maximum absolute atomic E-state index is 8.97. The van der Waals surface area contributed by atoms with Gasteiger partial charge in [-0.15, -0.1) is 0 Å². The highest BCUT2D eigenvalue weighted by molar-refractivity contribution is 5.32. The average molecular weight is 273 g/mol. The molecule has 2 aliphatic carbocycles. The van der Waals surface area contributed by atoms with Gasteiger partial charge >= 0.3 is 0 Å². The minimum absolute atomic E-state index is 0.338. The van der Waals surface area contributed by atoms with Gasteiger partial charge in [-0.3, -0.25) is 4.90 Å². The van der Waals surface area contributed by atoms with E-state index >= 15 is 0 Å². The molecule has 0 radical (unpaired) electrons. The van der Waals surface area contributed by atoms with Gasteiger partial charge in [-0.1, -0.05) is 24.3 Å². The van der Waals surface area contributed by atoms with Gasteiger partial charge in [0.05, 0.1) is 0 Å². The van der Waals surface area contributed by atoms with Crippen molar-refractivity contribution in [3.63, 3.8) is 0 Å². The van der Waals surface area contributed by atoms with Crippen LogP contribution in [0.4, 0.5) is 0 Å². The molecule has 2 heteroatoms. The Morgan fingerprint density at radius 3 is 2.75 bits per heavy atom. The van der Waals surface area contributed by atoms with Gasteiger partial charge in [0.25, 0.3) is 0 Å². The van der Waals surface area contributed by atoms with Crippen molar-refractivity contribution in [3.8, 4) is 0 Å². The third kappa shape index (κ3) is 3.42. The Hall–Kier alpha value is -0.860. The standard InChI is InChI=1S/C18H27NO/c20-13-4-3-12-19(17-10-11-17)14-16-8-5-7-15-6-1-2-9-18(15)16/h1-2,6,9,16-17,20H,3-5,7-8,10-14H2. The van der Waals surface area contributed by atoms with E-state index in [0.717, 1.165) is 24.8 Å². The number of benzene rings is 1. The highest BCUT2D eigenvalue weighted by Gasteiger charge is 2.31. The fourth-order valence-corrected chi connectivity index (χ4v) is 3.62. The first-order valence-electron chi connectivity index (χ1n) is 8.31. The summed E-state index contributed by atoms with van der Waals surface area (Å²) >= 11 is 0. The van der Waals surface area contributed by atoms with Gasteiger partial charge < -0.3 is 5.11 Å². The molecule has 110 valence electrons. The smallest absolute Gasteiger partial charge is 0.0431 e. The molecule has 0 aromatic heterocycles. The van der Waals surface area contributed by atoms with Gasteiger partial charge in [0.15, 0.2) is 0 Å². The Morgan fingerprint density at radius 1 is 1.10 bits per heavy atom. The SMILES string of the molecule is OCCCCN(CC1CCCc2ccccc21)C1CC1. The Kier molecular flexibility index (Phi) is 4.74. The number of hydrogen-bond acceptors (Lipinski definition) is 2. The van der Waals surface area contributed by atoms with E-state index in [-0.39, 0.29) is 0 Å². The quantitative estimate of drug-likeness (QED) is 0.770. The monoisotopic (exact) mass is 273 g/mol. The molecule has 3 rings (SSSR count). The fraction of sp³-hybridized carbons (Fsp3) is 0.667. The number of hydrogen-bond donors (Lipinski definition) is 1. The lowest BCUT2D eigenvalue weighted by Crippen LogP contribution is -2.33. The Labute approximate surface area is 122 Å². The van der Waals surface area contributed by atoms with Gasteiger partial charge in [0.1, 0.15) is 0 Å². The van der Waals surface area contributed by atoms with E-state index in [1.54, 1.807) is 11.1 Å². The second kappa shape index (κ2) is 6.73. The van der Waals surface area contributed by atoms with Crippen LogP contribution in [0.3, 0.4) is 0 Å². The van der Waals surface area contributed by atoms with E-state index in [1.807, 2.05) is 0 Å². The van der Waals surface area contributed by atoms with E-state index in [1.165, 1.54) is 45.2 Å². The molecule has 0 spiro atoms. The van der Waals surface area contributed by atoms with Crippen LogP contribution in [0.5, 0.6) is 0 Å². The normalized spacial score (nSPS) is 22.0. The summed E-state index contributed by atoms with van der Waals surface area (Å²) in [5.74, 6) is 0.731. The lowest BCUT2D eigenvalue weighted by molar-refractivity contribution is 0.219. The topological polar surface area (TPSA) is 23.5 Å². The van der Waals surface area contributed by atoms with Gasteiger partial charge in [-0.2, -0.15) is 0 Å². The highest BCUT2D eigenvalue weighted by Crippen LogP contribution is 2.35. The van der Waals surface area contributed by atoms with E-state index in [2.05, 4.69) is 29.2 Å². The van der Waals surface area contributed by atoms with Crippen LogP contribution in [0.1, 0.15) is 55.6 Å². The molecule has 1 saturated carbocycles. The van der Waals surface area contributed by atoms with E-state index in [9.17, 15) is 0 Å². The van der Waals surface area contributed by atoms with Crippen molar-refractivity contribution in [2.45, 2.75) is 56.9 Å². The number of unbranched alkanes of at least 4 members (excludes halogenated alkanes) is 1. The van der Waals surface area contributed by atoms with Crippen LogP contribution < -0.4 is 0 Å². The van der Waals surface area contributed by atoms with Crippen LogP contribution in [0.2, 0.25) is 0 Å². The minimum atomic E-state index is 0.338. The highest BCUT2D eigenvalue weighted by atomic mass is 16.2. The number of fused-ring (bicyclic) bond motifs is 1. The zero-order valence-corrected chi connectivity index (χ0v) is 12.4. The van der Waals surface area contributed by atoms with Crippen molar-refractivity contribution < 1.29 is 5.11 Å². The fourth-order valence-electron chi connectivity index (χ4n) is 3.62. The van der Waals surface area contributed by atoms with E-state index in [0.29, 0.717) is 6.61 Å². The van der Waals surface area contributed by atoms with Gasteiger partial charge in [-0.25, -0.2) is 0 Å². The summed E-state index contributed by atoms with van der Waals surface area (Å²) in [6, 6.07) is 9.88. The molecule has 0 bridgehead atoms. The molecule has 0 amide bonds. The van der Waals surface area contributed by atoms with Gasteiger partial charge in [-0.05, 0) is 68.5 Å². The molecule has 2 aliphatic rings. The molecule has 0 aliphatic heterocycles. The third-order valence-corrected chi connectivity index (χ3v) is 4.87. The summed E-state index contributed by atoms with van der Waals surface area (Å²) < 4.78 is 0. The first-order chi connectivity index (χ1) is 9.88. The average Bonchev–Trinajstić information content (AvgIpc) is 3.31. The number of aryl methyl sites for hydroxylation is 1. The molecule has 1 unspecified atom stereocenters. The first kappa shape index (κ1) is 14.1. The lowest BCUT2D eigenvalue weighted by Gasteiger charge is -2.31. The van der Waals surface area contributed by atoms with E-state index in [4.69, 9.17) is 5.11 Å². The van der Waals surface area contributed by atoms with Crippen LogP contribution in [0.25, 0.3) is 0 Å². The molecule has 1 atom stereocenters. The zero-order valence-electron chi connectivity index (χ0n) is 12.4. The first-order valence-corrected chi connectivity index (χ1v) is 8.31. The van der Waals surface area contributed by atoms with Crippen molar-refractivity contribution in [2.24, 2.45) is 0 Å². The zero-order chi connectivity index (χ0) is 13.8. The molecule has 2 nitrogen and oxygen atoms in total. The van der Waals surface area contributed by atoms with Crippen molar-refractivity contribution in [1.29, 1.82) is 0 Å². The van der Waals surface area contributed by atoms with Crippen LogP contribution in [-0.2, 0) is 6.42 Å². The number of aliphatic hydroxyl groups excluding tert-OH is 1. The molecular formula is C18H27NO. The summed E-state index contributed by atoms with van der Waals surface area (Å²) in [6.45, 7) is 2.74. The third-order valence-electron chi connectivity index (χ3n) is 4.87. The van der Waals surface area contributed by atoms with Gasteiger partial charge in [0, 0.05) is 19.2 Å². The Bertz CT molecular complexity index is 427. The number of aliphatic hydroxyl groups is 1. The summed E-state index contributed by atoms with van der Waals surface area (Å²) in [6.07, 6.45) is 8.81. The molecule has 1 N–H and O–H groups in total. The maximum Gasteiger partial charge on any atom is 0.0431 e. The second-order valence-electron chi connectivity index (χ2n) is 6.44. The summed E-state index contributed by atoms with van der Waals surface area (Å²) in [4.78, 5) is 2.70. The van der Waals surface area contributed by atoms with Crippen molar-refractivity contribution in [1.82, 2.24) is 4.90 Å². The predicted octanol–water partition coefficient (Wildman–Crippen LogP) is 3.34. The van der Waals surface area contributed by atoms with Crippen LogP contribution in [0, 0.1) is 0 Å². The molecule has 1 fully saturated rings. The molecule has 0 saturated heterocycles. The summed E-state index contributed by atoms with van der Waals surface area (Å²) in [7, 11) is 0. The van der Waals surface area contributed by atoms with E-state index < -0.39 is 0 Å². The van der Waals surface area contributed by atoms with Crippen LogP contribution in [-0.4, -0.2) is 35.7 Å². The molecule has 0 heterocycles. The molecular weight excluding hydrogens is 246 g/mol. The lowest BCUT2D eigenvalue weighted by atomic mass is 9.82. The Balaban J connectivity index is 1.63. The van der Waals surface area contributed by atoms with Crippen LogP contribution in [0.15, 0.2) is 24.3 Å². The molecule has 20 heavy (non-hydrogen) atoms. The second-order valence-corrected chi connectivity index (χ2v) is 6.44. The predicted molar refractivity (Wildman–Crippen MR) is 83.0 cm³/mol. The van der Waals surface area contributed by atoms with Crippen molar-refractivity contribution >= 4 is 0 Å². The summed E-state index contributed by atoms with van der Waals surface area (Å²) in [5, 5.41) is 8.97.